The molecule has 164 valence electrons. The first-order valence-electron chi connectivity index (χ1n) is 8.95. The zero-order chi connectivity index (χ0) is 21.7. The number of rotatable bonds is 6. The molecule has 2 fully saturated rings. The van der Waals surface area contributed by atoms with Crippen LogP contribution in [0.4, 0.5) is 13.2 Å². The quantitative estimate of drug-likeness (QED) is 0.683. The minimum atomic E-state index is -5.08. The molecule has 0 unspecified atom stereocenters. The Balaban J connectivity index is 0.000000370. The minimum absolute atomic E-state index is 0.100. The molecule has 2 aliphatic rings. The van der Waals surface area contributed by atoms with Gasteiger partial charge in [0.2, 0.25) is 10.0 Å². The fourth-order valence-corrected chi connectivity index (χ4v) is 4.10. The lowest BCUT2D eigenvalue weighted by atomic mass is 9.81. The second kappa shape index (κ2) is 9.37. The lowest BCUT2D eigenvalue weighted by Gasteiger charge is -2.27. The molecule has 1 aromatic heterocycles. The predicted octanol–water partition coefficient (Wildman–Crippen LogP) is 1.10. The summed E-state index contributed by atoms with van der Waals surface area (Å²) in [6.45, 7) is 6.05. The summed E-state index contributed by atoms with van der Waals surface area (Å²) in [7, 11) is -3.16. The van der Waals surface area contributed by atoms with E-state index in [1.807, 2.05) is 18.2 Å². The zero-order valence-corrected chi connectivity index (χ0v) is 16.7. The predicted molar refractivity (Wildman–Crippen MR) is 97.4 cm³/mol. The fourth-order valence-electron chi connectivity index (χ4n) is 3.39. The number of hydrogen-bond acceptors (Lipinski definition) is 6. The van der Waals surface area contributed by atoms with Crippen molar-refractivity contribution in [2.75, 3.05) is 38.6 Å². The number of nitrogens with zero attached hydrogens (tertiary/aromatic N) is 2. The van der Waals surface area contributed by atoms with Crippen molar-refractivity contribution in [1.82, 2.24) is 14.6 Å². The molecule has 12 heteroatoms. The van der Waals surface area contributed by atoms with E-state index in [9.17, 15) is 21.6 Å². The average Bonchev–Trinajstić information content (AvgIpc) is 3.18. The first kappa shape index (κ1) is 23.5. The van der Waals surface area contributed by atoms with Crippen LogP contribution in [0.5, 0.6) is 0 Å². The largest absolute Gasteiger partial charge is 0.490 e. The summed E-state index contributed by atoms with van der Waals surface area (Å²) in [5.41, 5.74) is 0.949. The number of carbonyl (C=O) groups is 1. The van der Waals surface area contributed by atoms with Crippen molar-refractivity contribution >= 4 is 16.0 Å². The third-order valence-corrected chi connectivity index (χ3v) is 6.31. The molecule has 2 N–H and O–H groups in total. The fraction of sp³-hybridized carbons (Fsp3) is 0.647. The van der Waals surface area contributed by atoms with Gasteiger partial charge in [0.05, 0.1) is 24.7 Å². The second-order valence-corrected chi connectivity index (χ2v) is 9.19. The Hall–Kier alpha value is -1.76. The summed E-state index contributed by atoms with van der Waals surface area (Å²) < 4.78 is 63.6. The molecule has 3 heterocycles. The van der Waals surface area contributed by atoms with Crippen LogP contribution in [0, 0.1) is 11.3 Å². The molecule has 29 heavy (non-hydrogen) atoms. The van der Waals surface area contributed by atoms with Gasteiger partial charge in [-0.05, 0) is 19.1 Å². The van der Waals surface area contributed by atoms with Crippen LogP contribution in [0.15, 0.2) is 24.4 Å². The van der Waals surface area contributed by atoms with Crippen molar-refractivity contribution in [3.05, 3.63) is 30.1 Å². The van der Waals surface area contributed by atoms with E-state index in [4.69, 9.17) is 14.6 Å². The van der Waals surface area contributed by atoms with Crippen molar-refractivity contribution in [3.8, 4) is 0 Å². The first-order chi connectivity index (χ1) is 13.5. The molecule has 0 spiro atoms. The van der Waals surface area contributed by atoms with E-state index in [-0.39, 0.29) is 11.2 Å². The lowest BCUT2D eigenvalue weighted by molar-refractivity contribution is -0.192. The van der Waals surface area contributed by atoms with E-state index in [1.54, 1.807) is 13.1 Å². The summed E-state index contributed by atoms with van der Waals surface area (Å²) >= 11 is 0. The van der Waals surface area contributed by atoms with Crippen LogP contribution in [0.3, 0.4) is 0 Å². The summed E-state index contributed by atoms with van der Waals surface area (Å²) in [5, 5.41) is 7.12. The number of nitrogens with one attached hydrogen (secondary N) is 1. The van der Waals surface area contributed by atoms with Crippen LogP contribution in [-0.2, 0) is 26.1 Å². The number of fused-ring (bicyclic) bond motifs is 1. The third kappa shape index (κ3) is 6.63. The van der Waals surface area contributed by atoms with Crippen LogP contribution in [-0.4, -0.2) is 74.2 Å². The van der Waals surface area contributed by atoms with Gasteiger partial charge in [-0.1, -0.05) is 6.07 Å². The molecule has 8 nitrogen and oxygen atoms in total. The first-order valence-corrected chi connectivity index (χ1v) is 10.6. The number of aromatic nitrogens is 1. The van der Waals surface area contributed by atoms with E-state index >= 15 is 0 Å². The highest BCUT2D eigenvalue weighted by molar-refractivity contribution is 7.89. The number of alkyl halides is 3. The monoisotopic (exact) mass is 439 g/mol. The highest BCUT2D eigenvalue weighted by Gasteiger charge is 2.50. The number of carboxylic acids is 1. The number of pyridine rings is 1. The summed E-state index contributed by atoms with van der Waals surface area (Å²) in [4.78, 5) is 15.6. The number of halogens is 3. The molecule has 3 rings (SSSR count). The smallest absolute Gasteiger partial charge is 0.475 e. The molecule has 0 amide bonds. The minimum Gasteiger partial charge on any atom is -0.475 e. The summed E-state index contributed by atoms with van der Waals surface area (Å²) in [6, 6.07) is 5.93. The molecule has 1 aromatic rings. The Labute approximate surface area is 167 Å². The van der Waals surface area contributed by atoms with Gasteiger partial charge in [-0.2, -0.15) is 13.2 Å². The molecule has 0 radical (unpaired) electrons. The van der Waals surface area contributed by atoms with Crippen molar-refractivity contribution in [2.24, 2.45) is 11.3 Å². The van der Waals surface area contributed by atoms with Crippen molar-refractivity contribution in [2.45, 2.75) is 19.6 Å². The maximum absolute atomic E-state index is 11.7. The van der Waals surface area contributed by atoms with Crippen molar-refractivity contribution < 1.29 is 36.2 Å². The number of hydrogen-bond donors (Lipinski definition) is 2. The number of aliphatic carboxylic acids is 1. The van der Waals surface area contributed by atoms with E-state index in [0.717, 1.165) is 25.3 Å². The number of sulfonamides is 1. The number of ether oxygens (including phenoxy) is 1. The van der Waals surface area contributed by atoms with Gasteiger partial charge in [0, 0.05) is 43.7 Å². The highest BCUT2D eigenvalue weighted by Crippen LogP contribution is 2.41. The number of likely N-dealkylation sites (tertiary alicyclic amines) is 1. The zero-order valence-electron chi connectivity index (χ0n) is 15.9. The molecular weight excluding hydrogens is 415 g/mol. The Morgan fingerprint density at radius 3 is 2.69 bits per heavy atom. The Bertz CT molecular complexity index is 791. The van der Waals surface area contributed by atoms with Gasteiger partial charge < -0.3 is 9.84 Å². The van der Waals surface area contributed by atoms with Crippen molar-refractivity contribution in [1.29, 1.82) is 0 Å². The van der Waals surface area contributed by atoms with E-state index < -0.39 is 22.2 Å². The molecule has 2 saturated heterocycles. The van der Waals surface area contributed by atoms with Gasteiger partial charge in [0.25, 0.3) is 0 Å². The van der Waals surface area contributed by atoms with E-state index in [1.165, 1.54) is 0 Å². The normalized spacial score (nSPS) is 24.6. The van der Waals surface area contributed by atoms with Gasteiger partial charge in [-0.25, -0.2) is 17.9 Å². The standard InChI is InChI=1S/C15H23N3O3S.C2HF3O2/c1-2-22(19,20)17-10-15-11-18(7-13(15)9-21-12-15)8-14-5-3-4-6-16-14;3-2(4,5)1(6)7/h3-6,13,17H,2,7-12H2,1H3;(H,6,7)/t13-,15+;/m1./s1. The summed E-state index contributed by atoms with van der Waals surface area (Å²) in [5.74, 6) is -2.25. The van der Waals surface area contributed by atoms with Gasteiger partial charge in [-0.15, -0.1) is 0 Å². The van der Waals surface area contributed by atoms with Gasteiger partial charge >= 0.3 is 12.1 Å². The maximum Gasteiger partial charge on any atom is 0.490 e. The molecule has 0 aliphatic carbocycles. The lowest BCUT2D eigenvalue weighted by Crippen LogP contribution is -2.43. The van der Waals surface area contributed by atoms with Gasteiger partial charge in [-0.3, -0.25) is 9.88 Å². The van der Waals surface area contributed by atoms with Crippen LogP contribution in [0.1, 0.15) is 12.6 Å². The Morgan fingerprint density at radius 1 is 1.45 bits per heavy atom. The molecular formula is C17H24F3N3O5S. The van der Waals surface area contributed by atoms with E-state index in [0.29, 0.717) is 25.7 Å². The van der Waals surface area contributed by atoms with Gasteiger partial charge in [0.15, 0.2) is 0 Å². The molecule has 2 atom stereocenters. The molecule has 2 aliphatic heterocycles. The van der Waals surface area contributed by atoms with E-state index in [2.05, 4.69) is 14.6 Å². The molecule has 0 bridgehead atoms. The Morgan fingerprint density at radius 2 is 2.14 bits per heavy atom. The third-order valence-electron chi connectivity index (χ3n) is 4.97. The van der Waals surface area contributed by atoms with Gasteiger partial charge in [0.1, 0.15) is 0 Å². The highest BCUT2D eigenvalue weighted by atomic mass is 32.2. The Kier molecular flexibility index (Phi) is 7.60. The van der Waals surface area contributed by atoms with Crippen LogP contribution < -0.4 is 4.72 Å². The van der Waals surface area contributed by atoms with Crippen LogP contribution in [0.25, 0.3) is 0 Å². The molecule has 0 aromatic carbocycles. The van der Waals surface area contributed by atoms with Crippen LogP contribution >= 0.6 is 0 Å². The summed E-state index contributed by atoms with van der Waals surface area (Å²) in [6.07, 6.45) is -3.28. The maximum atomic E-state index is 11.7. The number of carboxylic acid groups (broad SMARTS) is 1. The SMILES string of the molecule is CCS(=O)(=O)NC[C@]12COC[C@H]1CN(Cc1ccccn1)C2.O=C(O)C(F)(F)F. The topological polar surface area (TPSA) is 109 Å². The molecule has 0 saturated carbocycles. The second-order valence-electron chi connectivity index (χ2n) is 7.09. The average molecular weight is 439 g/mol. The van der Waals surface area contributed by atoms with Crippen molar-refractivity contribution in [3.63, 3.8) is 0 Å². The van der Waals surface area contributed by atoms with Crippen LogP contribution in [0.2, 0.25) is 0 Å².